The van der Waals surface area contributed by atoms with Crippen LogP contribution in [-0.4, -0.2) is 34.9 Å². The van der Waals surface area contributed by atoms with Crippen molar-refractivity contribution in [1.82, 2.24) is 4.90 Å². The fourth-order valence-electron chi connectivity index (χ4n) is 3.15. The van der Waals surface area contributed by atoms with Crippen LogP contribution in [0.4, 0.5) is 0 Å². The highest BCUT2D eigenvalue weighted by Gasteiger charge is 2.36. The van der Waals surface area contributed by atoms with E-state index >= 15 is 0 Å². The summed E-state index contributed by atoms with van der Waals surface area (Å²) in [7, 11) is 0. The number of carbonyl (C=O) groups excluding carboxylic acids is 2. The minimum Gasteiger partial charge on any atom is -0.488 e. The van der Waals surface area contributed by atoms with Crippen molar-refractivity contribution in [2.24, 2.45) is 5.11 Å². The Hall–Kier alpha value is -3.31. The highest BCUT2D eigenvalue weighted by Crippen LogP contribution is 2.24. The van der Waals surface area contributed by atoms with Crippen LogP contribution in [0.1, 0.15) is 47.1 Å². The van der Waals surface area contributed by atoms with Crippen molar-refractivity contribution >= 4 is 11.8 Å². The average molecular weight is 378 g/mol. The number of carbonyl (C=O) groups is 2. The normalized spacial score (nSPS) is 14.5. The molecule has 3 rings (SSSR count). The van der Waals surface area contributed by atoms with Gasteiger partial charge in [-0.1, -0.05) is 29.4 Å². The molecule has 7 nitrogen and oxygen atoms in total. The van der Waals surface area contributed by atoms with Gasteiger partial charge in [0, 0.05) is 11.5 Å². The third-order valence-corrected chi connectivity index (χ3v) is 4.31. The summed E-state index contributed by atoms with van der Waals surface area (Å²) in [6, 6.07) is 13.6. The zero-order valence-corrected chi connectivity index (χ0v) is 16.1. The van der Waals surface area contributed by atoms with E-state index in [2.05, 4.69) is 10.0 Å². The van der Waals surface area contributed by atoms with Gasteiger partial charge in [0.05, 0.1) is 17.2 Å². The Bertz CT molecular complexity index is 906. The fourth-order valence-corrected chi connectivity index (χ4v) is 3.15. The predicted octanol–water partition coefficient (Wildman–Crippen LogP) is 4.38. The van der Waals surface area contributed by atoms with Crippen molar-refractivity contribution in [3.8, 4) is 5.75 Å². The van der Waals surface area contributed by atoms with E-state index in [1.807, 2.05) is 45.0 Å². The number of benzene rings is 2. The van der Waals surface area contributed by atoms with Crippen LogP contribution in [0.2, 0.25) is 0 Å². The van der Waals surface area contributed by atoms with Crippen molar-refractivity contribution in [3.05, 3.63) is 75.7 Å². The molecule has 0 aromatic heterocycles. The molecule has 0 saturated carbocycles. The van der Waals surface area contributed by atoms with Gasteiger partial charge in [-0.05, 0) is 62.6 Å². The van der Waals surface area contributed by atoms with Crippen LogP contribution in [0.3, 0.4) is 0 Å². The number of nitrogens with zero attached hydrogens (tertiary/aromatic N) is 4. The Kier molecular flexibility index (Phi) is 5.38. The molecule has 28 heavy (non-hydrogen) atoms. The standard InChI is InChI=1S/C21H22N4O3/c1-21(2,3)28-16-10-8-14(9-11-16)12-15(23-24-22)13-25-19(26)17-6-4-5-7-18(17)20(25)27/h4-11,15H,12-13H2,1-3H3/t15-/m0/s1. The largest absolute Gasteiger partial charge is 0.488 e. The fraction of sp³-hybridized carbons (Fsp3) is 0.333. The molecule has 2 aromatic rings. The van der Waals surface area contributed by atoms with E-state index in [0.717, 1.165) is 16.2 Å². The lowest BCUT2D eigenvalue weighted by atomic mass is 10.1. The topological polar surface area (TPSA) is 95.4 Å². The van der Waals surface area contributed by atoms with Crippen molar-refractivity contribution in [3.63, 3.8) is 0 Å². The van der Waals surface area contributed by atoms with Gasteiger partial charge in [0.1, 0.15) is 11.4 Å². The molecule has 1 atom stereocenters. The van der Waals surface area contributed by atoms with Crippen molar-refractivity contribution in [2.75, 3.05) is 6.54 Å². The number of amides is 2. The monoisotopic (exact) mass is 378 g/mol. The van der Waals surface area contributed by atoms with Gasteiger partial charge in [-0.2, -0.15) is 0 Å². The van der Waals surface area contributed by atoms with Crippen LogP contribution < -0.4 is 4.74 Å². The molecule has 1 aliphatic rings. The maximum absolute atomic E-state index is 12.5. The smallest absolute Gasteiger partial charge is 0.261 e. The molecule has 1 aliphatic heterocycles. The highest BCUT2D eigenvalue weighted by atomic mass is 16.5. The molecule has 0 bridgehead atoms. The lowest BCUT2D eigenvalue weighted by molar-refractivity contribution is 0.0644. The van der Waals surface area contributed by atoms with Gasteiger partial charge in [-0.3, -0.25) is 14.5 Å². The van der Waals surface area contributed by atoms with Crippen molar-refractivity contribution in [2.45, 2.75) is 38.8 Å². The summed E-state index contributed by atoms with van der Waals surface area (Å²) in [6.45, 7) is 5.96. The number of fused-ring (bicyclic) bond motifs is 1. The third-order valence-electron chi connectivity index (χ3n) is 4.31. The van der Waals surface area contributed by atoms with Gasteiger partial charge in [0.25, 0.3) is 11.8 Å². The minimum absolute atomic E-state index is 0.0383. The zero-order chi connectivity index (χ0) is 20.3. The van der Waals surface area contributed by atoms with Crippen LogP contribution in [0.25, 0.3) is 10.4 Å². The van der Waals surface area contributed by atoms with Crippen LogP contribution in [-0.2, 0) is 6.42 Å². The lowest BCUT2D eigenvalue weighted by Gasteiger charge is -2.22. The Balaban J connectivity index is 1.72. The maximum atomic E-state index is 12.5. The predicted molar refractivity (Wildman–Crippen MR) is 105 cm³/mol. The van der Waals surface area contributed by atoms with Crippen molar-refractivity contribution < 1.29 is 14.3 Å². The molecule has 2 aromatic carbocycles. The first-order valence-corrected chi connectivity index (χ1v) is 9.06. The van der Waals surface area contributed by atoms with E-state index in [4.69, 9.17) is 10.3 Å². The number of hydrogen-bond donors (Lipinski definition) is 0. The Morgan fingerprint density at radius 2 is 1.61 bits per heavy atom. The van der Waals surface area contributed by atoms with Crippen LogP contribution in [0.5, 0.6) is 5.75 Å². The Morgan fingerprint density at radius 1 is 1.04 bits per heavy atom. The second kappa shape index (κ2) is 7.74. The van der Waals surface area contributed by atoms with Gasteiger partial charge in [0.2, 0.25) is 0 Å². The minimum atomic E-state index is -0.554. The summed E-state index contributed by atoms with van der Waals surface area (Å²) in [5, 5.41) is 3.80. The molecule has 0 radical (unpaired) electrons. The molecule has 0 N–H and O–H groups in total. The van der Waals surface area contributed by atoms with E-state index in [1.54, 1.807) is 24.3 Å². The first-order chi connectivity index (χ1) is 13.3. The third kappa shape index (κ3) is 4.32. The lowest BCUT2D eigenvalue weighted by Crippen LogP contribution is -2.37. The molecule has 0 aliphatic carbocycles. The molecular formula is C21H22N4O3. The maximum Gasteiger partial charge on any atom is 0.261 e. The number of ether oxygens (including phenoxy) is 1. The Labute approximate surface area is 163 Å². The number of azide groups is 1. The summed E-state index contributed by atoms with van der Waals surface area (Å²) in [5.41, 5.74) is 10.3. The van der Waals surface area contributed by atoms with E-state index < -0.39 is 6.04 Å². The quantitative estimate of drug-likeness (QED) is 0.323. The average Bonchev–Trinajstić information content (AvgIpc) is 2.88. The van der Waals surface area contributed by atoms with Gasteiger partial charge < -0.3 is 4.74 Å². The van der Waals surface area contributed by atoms with E-state index in [-0.39, 0.29) is 24.0 Å². The molecule has 144 valence electrons. The summed E-state index contributed by atoms with van der Waals surface area (Å²) in [5.74, 6) is 0.0391. The van der Waals surface area contributed by atoms with E-state index in [1.165, 1.54) is 0 Å². The number of imide groups is 1. The molecule has 0 fully saturated rings. The zero-order valence-electron chi connectivity index (χ0n) is 16.1. The van der Waals surface area contributed by atoms with Gasteiger partial charge in [0.15, 0.2) is 0 Å². The molecule has 0 unspecified atom stereocenters. The van der Waals surface area contributed by atoms with Crippen LogP contribution >= 0.6 is 0 Å². The first-order valence-electron chi connectivity index (χ1n) is 9.06. The molecular weight excluding hydrogens is 356 g/mol. The number of hydrogen-bond acceptors (Lipinski definition) is 4. The highest BCUT2D eigenvalue weighted by molar-refractivity contribution is 6.21. The molecule has 0 saturated heterocycles. The Morgan fingerprint density at radius 3 is 2.11 bits per heavy atom. The van der Waals surface area contributed by atoms with Gasteiger partial charge in [-0.25, -0.2) is 0 Å². The van der Waals surface area contributed by atoms with Crippen LogP contribution in [0.15, 0.2) is 53.6 Å². The molecule has 1 heterocycles. The van der Waals surface area contributed by atoms with Crippen molar-refractivity contribution in [1.29, 1.82) is 0 Å². The second-order valence-corrected chi connectivity index (χ2v) is 7.69. The number of rotatable bonds is 6. The summed E-state index contributed by atoms with van der Waals surface area (Å²) < 4.78 is 5.80. The molecule has 0 spiro atoms. The SMILES string of the molecule is CC(C)(C)Oc1ccc(C[C@@H](CN2C(=O)c3ccccc3C2=O)N=[N+]=[N-])cc1. The first kappa shape index (κ1) is 19.5. The van der Waals surface area contributed by atoms with E-state index in [0.29, 0.717) is 17.5 Å². The van der Waals surface area contributed by atoms with E-state index in [9.17, 15) is 9.59 Å². The molecule has 7 heteroatoms. The summed E-state index contributed by atoms with van der Waals surface area (Å²) in [6.07, 6.45) is 0.410. The van der Waals surface area contributed by atoms with Crippen LogP contribution in [0, 0.1) is 0 Å². The second-order valence-electron chi connectivity index (χ2n) is 7.69. The summed E-state index contributed by atoms with van der Waals surface area (Å²) >= 11 is 0. The summed E-state index contributed by atoms with van der Waals surface area (Å²) in [4.78, 5) is 29.1. The van der Waals surface area contributed by atoms with Gasteiger partial charge in [-0.15, -0.1) is 0 Å². The van der Waals surface area contributed by atoms with Gasteiger partial charge >= 0.3 is 0 Å². The molecule has 2 amide bonds.